The highest BCUT2D eigenvalue weighted by atomic mass is 19.3. The van der Waals surface area contributed by atoms with Gasteiger partial charge in [0.1, 0.15) is 11.6 Å². The molecule has 2 amide bonds. The lowest BCUT2D eigenvalue weighted by molar-refractivity contribution is -0.159. The number of alkyl halides is 2. The van der Waals surface area contributed by atoms with Gasteiger partial charge in [-0.2, -0.15) is 8.78 Å². The minimum absolute atomic E-state index is 0.00940. The average molecular weight is 445 g/mol. The summed E-state index contributed by atoms with van der Waals surface area (Å²) in [6.07, 6.45) is 2.09. The summed E-state index contributed by atoms with van der Waals surface area (Å²) in [4.78, 5) is 30.2. The van der Waals surface area contributed by atoms with Crippen LogP contribution in [0.15, 0.2) is 52.5 Å². The van der Waals surface area contributed by atoms with Crippen LogP contribution in [0.4, 0.5) is 23.2 Å². The smallest absolute Gasteiger partial charge is 0.333 e. The normalized spacial score (nSPS) is 15.7. The molecule has 0 atom stereocenters. The van der Waals surface area contributed by atoms with E-state index < -0.39 is 34.9 Å². The van der Waals surface area contributed by atoms with Crippen molar-refractivity contribution < 1.29 is 27.2 Å². The third-order valence-electron chi connectivity index (χ3n) is 5.55. The van der Waals surface area contributed by atoms with Gasteiger partial charge in [-0.05, 0) is 66.5 Å². The molecule has 2 aliphatic heterocycles. The molecule has 0 saturated heterocycles. The third kappa shape index (κ3) is 4.02. The molecule has 2 aromatic rings. The van der Waals surface area contributed by atoms with E-state index in [0.717, 1.165) is 34.2 Å². The van der Waals surface area contributed by atoms with E-state index in [-0.39, 0.29) is 29.9 Å². The number of aliphatic imine (C=N–C) groups is 1. The molecule has 32 heavy (non-hydrogen) atoms. The molecular formula is C23H19F4N3O2. The predicted molar refractivity (Wildman–Crippen MR) is 111 cm³/mol. The molecule has 166 valence electrons. The number of hydrogen-bond acceptors (Lipinski definition) is 3. The molecule has 5 nitrogen and oxygen atoms in total. The number of carbonyl (C=O) groups is 2. The van der Waals surface area contributed by atoms with E-state index in [2.05, 4.69) is 10.3 Å². The zero-order valence-corrected chi connectivity index (χ0v) is 17.1. The lowest BCUT2D eigenvalue weighted by Gasteiger charge is -2.31. The van der Waals surface area contributed by atoms with E-state index >= 15 is 8.78 Å². The Bertz CT molecular complexity index is 1170. The first kappa shape index (κ1) is 21.7. The molecule has 9 heteroatoms. The molecule has 0 unspecified atom stereocenters. The number of nitrogens with one attached hydrogen (secondary N) is 1. The minimum Gasteiger partial charge on any atom is -0.333 e. The highest BCUT2D eigenvalue weighted by Gasteiger charge is 2.47. The number of halogens is 4. The summed E-state index contributed by atoms with van der Waals surface area (Å²) in [6.45, 7) is 1.95. The van der Waals surface area contributed by atoms with Crippen LogP contribution in [0.1, 0.15) is 27.9 Å². The Morgan fingerprint density at radius 2 is 1.84 bits per heavy atom. The molecule has 0 aromatic heterocycles. The monoisotopic (exact) mass is 445 g/mol. The van der Waals surface area contributed by atoms with Gasteiger partial charge < -0.3 is 10.2 Å². The summed E-state index contributed by atoms with van der Waals surface area (Å²) >= 11 is 0. The molecule has 0 spiro atoms. The zero-order valence-electron chi connectivity index (χ0n) is 17.1. The van der Waals surface area contributed by atoms with Crippen molar-refractivity contribution in [3.8, 4) is 0 Å². The summed E-state index contributed by atoms with van der Waals surface area (Å²) in [5.74, 6) is -8.24. The Morgan fingerprint density at radius 3 is 2.59 bits per heavy atom. The molecule has 1 N–H and O–H groups in total. The van der Waals surface area contributed by atoms with Crippen molar-refractivity contribution >= 4 is 23.7 Å². The van der Waals surface area contributed by atoms with Crippen molar-refractivity contribution in [3.05, 3.63) is 75.9 Å². The number of anilines is 1. The van der Waals surface area contributed by atoms with Crippen LogP contribution in [0.5, 0.6) is 0 Å². The van der Waals surface area contributed by atoms with Gasteiger partial charge in [-0.1, -0.05) is 0 Å². The van der Waals surface area contributed by atoms with Crippen LogP contribution in [0.3, 0.4) is 0 Å². The molecule has 0 fully saturated rings. The van der Waals surface area contributed by atoms with Gasteiger partial charge in [-0.15, -0.1) is 0 Å². The third-order valence-corrected chi connectivity index (χ3v) is 5.55. The average Bonchev–Trinajstić information content (AvgIpc) is 3.23. The van der Waals surface area contributed by atoms with Crippen LogP contribution >= 0.6 is 0 Å². The number of benzene rings is 2. The molecule has 0 aliphatic carbocycles. The quantitative estimate of drug-likeness (QED) is 0.716. The maximum atomic E-state index is 15.1. The number of rotatable bonds is 4. The summed E-state index contributed by atoms with van der Waals surface area (Å²) in [5.41, 5.74) is 0.837. The molecule has 0 bridgehead atoms. The molecule has 2 heterocycles. The number of aryl methyl sites for hydroxylation is 1. The van der Waals surface area contributed by atoms with Crippen molar-refractivity contribution in [2.75, 3.05) is 25.0 Å². The van der Waals surface area contributed by atoms with Crippen LogP contribution in [0.2, 0.25) is 0 Å². The zero-order chi connectivity index (χ0) is 23.0. The molecule has 2 aliphatic rings. The number of carbonyl (C=O) groups excluding carboxylic acids is 2. The first-order valence-electron chi connectivity index (χ1n) is 9.92. The lowest BCUT2D eigenvalue weighted by atomic mass is 9.99. The fourth-order valence-electron chi connectivity index (χ4n) is 3.74. The van der Waals surface area contributed by atoms with E-state index in [9.17, 15) is 18.4 Å². The van der Waals surface area contributed by atoms with Gasteiger partial charge in [0.25, 0.3) is 11.8 Å². The highest BCUT2D eigenvalue weighted by Crippen LogP contribution is 2.35. The first-order valence-corrected chi connectivity index (χ1v) is 9.92. The fraction of sp³-hybridized carbons (Fsp3) is 0.261. The van der Waals surface area contributed by atoms with Gasteiger partial charge >= 0.3 is 5.92 Å². The van der Waals surface area contributed by atoms with Crippen molar-refractivity contribution in [1.29, 1.82) is 0 Å². The van der Waals surface area contributed by atoms with Gasteiger partial charge in [0.15, 0.2) is 0 Å². The van der Waals surface area contributed by atoms with E-state index in [1.807, 2.05) is 0 Å². The number of nitrogens with zero attached hydrogens (tertiary/aromatic N) is 2. The molecule has 0 saturated carbocycles. The van der Waals surface area contributed by atoms with E-state index in [1.165, 1.54) is 19.1 Å². The Balaban J connectivity index is 1.56. The van der Waals surface area contributed by atoms with Crippen LogP contribution in [0.25, 0.3) is 0 Å². The molecule has 4 rings (SSSR count). The van der Waals surface area contributed by atoms with E-state index in [1.54, 1.807) is 6.21 Å². The van der Waals surface area contributed by atoms with Crippen LogP contribution in [0, 0.1) is 18.6 Å². The summed E-state index contributed by atoms with van der Waals surface area (Å²) < 4.78 is 57.9. The van der Waals surface area contributed by atoms with Gasteiger partial charge in [-0.3, -0.25) is 14.6 Å². The minimum atomic E-state index is -4.16. The van der Waals surface area contributed by atoms with Gasteiger partial charge in [0.2, 0.25) is 0 Å². The van der Waals surface area contributed by atoms with Crippen molar-refractivity contribution in [2.24, 2.45) is 4.99 Å². The molecule has 0 radical (unpaired) electrons. The standard InChI is InChI=1S/C23H19F4N3O2/c1-13-8-17(3-5-19(13)24)29-21(31)14-2-4-20(25)18(9-14)23(26,27)22(32)30-7-6-15-10-28-11-16(15)12-30/h2-5,8-10H,6-7,11-12H2,1H3,(H,29,31). The van der Waals surface area contributed by atoms with E-state index in [0.29, 0.717) is 19.0 Å². The van der Waals surface area contributed by atoms with Crippen LogP contribution in [-0.2, 0) is 10.7 Å². The lowest BCUT2D eigenvalue weighted by Crippen LogP contribution is -2.45. The Labute approximate surface area is 181 Å². The van der Waals surface area contributed by atoms with E-state index in [4.69, 9.17) is 0 Å². The number of amides is 2. The van der Waals surface area contributed by atoms with Gasteiger partial charge in [0, 0.05) is 30.6 Å². The number of hydrogen-bond donors (Lipinski definition) is 1. The van der Waals surface area contributed by atoms with Crippen molar-refractivity contribution in [2.45, 2.75) is 19.3 Å². The second-order valence-corrected chi connectivity index (χ2v) is 7.76. The predicted octanol–water partition coefficient (Wildman–Crippen LogP) is 4.23. The second-order valence-electron chi connectivity index (χ2n) is 7.76. The van der Waals surface area contributed by atoms with Crippen LogP contribution in [-0.4, -0.2) is 42.6 Å². The summed E-state index contributed by atoms with van der Waals surface area (Å²) in [6, 6.07) is 6.29. The SMILES string of the molecule is Cc1cc(NC(=O)c2ccc(F)c(C(F)(F)C(=O)N3CCC4=C(CN=C4)C3)c2)ccc1F. The topological polar surface area (TPSA) is 61.8 Å². The van der Waals surface area contributed by atoms with Crippen molar-refractivity contribution in [1.82, 2.24) is 4.90 Å². The Kier molecular flexibility index (Phi) is 5.58. The summed E-state index contributed by atoms with van der Waals surface area (Å²) in [7, 11) is 0. The van der Waals surface area contributed by atoms with Gasteiger partial charge in [-0.25, -0.2) is 8.78 Å². The first-order chi connectivity index (χ1) is 15.2. The Morgan fingerprint density at radius 1 is 1.09 bits per heavy atom. The maximum Gasteiger partial charge on any atom is 0.352 e. The fourth-order valence-corrected chi connectivity index (χ4v) is 3.74. The van der Waals surface area contributed by atoms with Gasteiger partial charge in [0.05, 0.1) is 12.1 Å². The highest BCUT2D eigenvalue weighted by molar-refractivity contribution is 6.04. The second kappa shape index (κ2) is 8.22. The molecular weight excluding hydrogens is 426 g/mol. The Hall–Kier alpha value is -3.49. The maximum absolute atomic E-state index is 15.1. The van der Waals surface area contributed by atoms with Crippen molar-refractivity contribution in [3.63, 3.8) is 0 Å². The molecule has 2 aromatic carbocycles. The largest absolute Gasteiger partial charge is 0.352 e. The van der Waals surface area contributed by atoms with Crippen LogP contribution < -0.4 is 5.32 Å². The summed E-state index contributed by atoms with van der Waals surface area (Å²) in [5, 5.41) is 2.45.